The molecule has 132 valence electrons. The summed E-state index contributed by atoms with van der Waals surface area (Å²) in [7, 11) is 0. The Balaban J connectivity index is 1.46. The highest BCUT2D eigenvalue weighted by atomic mass is 19.1. The molecule has 2 aromatic rings. The fourth-order valence-electron chi connectivity index (χ4n) is 2.97. The van der Waals surface area contributed by atoms with E-state index in [1.165, 1.54) is 12.1 Å². The monoisotopic (exact) mass is 344 g/mol. The molecule has 1 atom stereocenters. The molecule has 3 rings (SSSR count). The van der Waals surface area contributed by atoms with Gasteiger partial charge in [-0.2, -0.15) is 5.10 Å². The summed E-state index contributed by atoms with van der Waals surface area (Å²) in [6, 6.07) is 7.94. The average Bonchev–Trinajstić information content (AvgIpc) is 3.12. The van der Waals surface area contributed by atoms with Gasteiger partial charge < -0.3 is 10.2 Å². The first-order chi connectivity index (χ1) is 12.0. The van der Waals surface area contributed by atoms with Gasteiger partial charge in [0, 0.05) is 25.7 Å². The molecule has 6 nitrogen and oxygen atoms in total. The summed E-state index contributed by atoms with van der Waals surface area (Å²) in [5, 5.41) is 7.07. The number of aromatic nitrogens is 2. The van der Waals surface area contributed by atoms with Crippen molar-refractivity contribution in [2.24, 2.45) is 0 Å². The molecule has 1 fully saturated rings. The molecule has 0 bridgehead atoms. The Labute approximate surface area is 145 Å². The topological polar surface area (TPSA) is 67.2 Å². The van der Waals surface area contributed by atoms with Gasteiger partial charge >= 0.3 is 0 Å². The second kappa shape index (κ2) is 7.46. The molecule has 0 radical (unpaired) electrons. The van der Waals surface area contributed by atoms with Crippen LogP contribution in [0.5, 0.6) is 0 Å². The van der Waals surface area contributed by atoms with Crippen LogP contribution in [0.3, 0.4) is 0 Å². The normalized spacial score (nSPS) is 17.1. The maximum atomic E-state index is 12.9. The molecule has 1 saturated heterocycles. The van der Waals surface area contributed by atoms with Crippen molar-refractivity contribution >= 4 is 11.8 Å². The van der Waals surface area contributed by atoms with Gasteiger partial charge in [-0.15, -0.1) is 0 Å². The average molecular weight is 344 g/mol. The van der Waals surface area contributed by atoms with E-state index in [0.717, 1.165) is 11.3 Å². The molecule has 1 N–H and O–H groups in total. The number of benzene rings is 1. The Morgan fingerprint density at radius 3 is 2.76 bits per heavy atom. The molecule has 2 amide bonds. The molecule has 0 spiro atoms. The van der Waals surface area contributed by atoms with Crippen LogP contribution in [-0.4, -0.2) is 45.6 Å². The van der Waals surface area contributed by atoms with Crippen LogP contribution in [0, 0.1) is 12.7 Å². The first-order valence-corrected chi connectivity index (χ1v) is 8.31. The van der Waals surface area contributed by atoms with Crippen LogP contribution in [0.25, 0.3) is 0 Å². The van der Waals surface area contributed by atoms with Crippen molar-refractivity contribution in [3.63, 3.8) is 0 Å². The van der Waals surface area contributed by atoms with Crippen LogP contribution < -0.4 is 5.32 Å². The van der Waals surface area contributed by atoms with Gasteiger partial charge in [0.15, 0.2) is 0 Å². The number of carbonyl (C=O) groups excluding carboxylic acids is 2. The number of carbonyl (C=O) groups is 2. The third-order valence-electron chi connectivity index (χ3n) is 4.24. The van der Waals surface area contributed by atoms with Crippen LogP contribution in [0.4, 0.5) is 4.39 Å². The lowest BCUT2D eigenvalue weighted by Crippen LogP contribution is -2.39. The molecular formula is C18H21FN4O2. The lowest BCUT2D eigenvalue weighted by molar-refractivity contribution is -0.127. The van der Waals surface area contributed by atoms with Gasteiger partial charge in [-0.25, -0.2) is 4.39 Å². The molecule has 2 heterocycles. The molecule has 1 aliphatic rings. The van der Waals surface area contributed by atoms with Gasteiger partial charge in [0.2, 0.25) is 11.8 Å². The molecule has 0 aliphatic carbocycles. The lowest BCUT2D eigenvalue weighted by atomic mass is 10.1. The van der Waals surface area contributed by atoms with Crippen LogP contribution in [-0.2, 0) is 22.6 Å². The predicted molar refractivity (Wildman–Crippen MR) is 90.2 cm³/mol. The van der Waals surface area contributed by atoms with Crippen molar-refractivity contribution in [2.75, 3.05) is 13.1 Å². The van der Waals surface area contributed by atoms with Crippen LogP contribution in [0.2, 0.25) is 0 Å². The molecule has 7 heteroatoms. The molecule has 25 heavy (non-hydrogen) atoms. The number of likely N-dealkylation sites (tertiary alicyclic amines) is 1. The van der Waals surface area contributed by atoms with E-state index in [9.17, 15) is 14.0 Å². The van der Waals surface area contributed by atoms with Crippen molar-refractivity contribution in [1.82, 2.24) is 20.0 Å². The lowest BCUT2D eigenvalue weighted by Gasteiger charge is -2.17. The van der Waals surface area contributed by atoms with Crippen LogP contribution in [0.1, 0.15) is 17.7 Å². The van der Waals surface area contributed by atoms with E-state index in [4.69, 9.17) is 0 Å². The zero-order chi connectivity index (χ0) is 17.8. The summed E-state index contributed by atoms with van der Waals surface area (Å²) in [5.74, 6) is -0.389. The molecule has 0 saturated carbocycles. The summed E-state index contributed by atoms with van der Waals surface area (Å²) in [4.78, 5) is 25.9. The van der Waals surface area contributed by atoms with Crippen molar-refractivity contribution in [2.45, 2.75) is 32.4 Å². The van der Waals surface area contributed by atoms with Crippen molar-refractivity contribution in [1.29, 1.82) is 0 Å². The van der Waals surface area contributed by atoms with E-state index >= 15 is 0 Å². The second-order valence-corrected chi connectivity index (χ2v) is 6.34. The highest BCUT2D eigenvalue weighted by molar-refractivity contribution is 5.82. The summed E-state index contributed by atoms with van der Waals surface area (Å²) in [6.07, 6.45) is 2.73. The number of hydrogen-bond acceptors (Lipinski definition) is 3. The number of aryl methyl sites for hydroxylation is 1. The SMILES string of the molecule is Cc1ccn(CC(=O)N[C@@H]2CC(=O)N(CCc3ccc(F)cc3)C2)n1. The third kappa shape index (κ3) is 4.65. The zero-order valence-electron chi connectivity index (χ0n) is 14.1. The standard InChI is InChI=1S/C18H21FN4O2/c1-13-6-9-23(21-13)12-17(24)20-16-10-18(25)22(11-16)8-7-14-2-4-15(19)5-3-14/h2-6,9,16H,7-8,10-12H2,1H3,(H,20,24)/t16-/m1/s1. The first-order valence-electron chi connectivity index (χ1n) is 8.31. The number of hydrogen-bond donors (Lipinski definition) is 1. The van der Waals surface area contributed by atoms with Gasteiger partial charge in [0.05, 0.1) is 11.7 Å². The summed E-state index contributed by atoms with van der Waals surface area (Å²) in [6.45, 7) is 3.08. The van der Waals surface area contributed by atoms with Crippen molar-refractivity contribution < 1.29 is 14.0 Å². The smallest absolute Gasteiger partial charge is 0.242 e. The maximum absolute atomic E-state index is 12.9. The minimum Gasteiger partial charge on any atom is -0.349 e. The second-order valence-electron chi connectivity index (χ2n) is 6.34. The van der Waals surface area contributed by atoms with E-state index in [1.54, 1.807) is 27.9 Å². The molecular weight excluding hydrogens is 323 g/mol. The Morgan fingerprint density at radius 1 is 1.32 bits per heavy atom. The molecule has 1 aromatic heterocycles. The van der Waals surface area contributed by atoms with Gasteiger partial charge in [-0.3, -0.25) is 14.3 Å². The highest BCUT2D eigenvalue weighted by Crippen LogP contribution is 2.13. The van der Waals surface area contributed by atoms with E-state index in [0.29, 0.717) is 25.9 Å². The Kier molecular flexibility index (Phi) is 5.11. The molecule has 1 aromatic carbocycles. The van der Waals surface area contributed by atoms with Gasteiger partial charge in [-0.1, -0.05) is 12.1 Å². The predicted octanol–water partition coefficient (Wildman–Crippen LogP) is 1.29. The Morgan fingerprint density at radius 2 is 2.08 bits per heavy atom. The fraction of sp³-hybridized carbons (Fsp3) is 0.389. The number of nitrogens with zero attached hydrogens (tertiary/aromatic N) is 3. The Bertz CT molecular complexity index is 757. The minimum absolute atomic E-state index is 0.0299. The van der Waals surface area contributed by atoms with Gasteiger partial charge in [-0.05, 0) is 37.1 Å². The summed E-state index contributed by atoms with van der Waals surface area (Å²) < 4.78 is 14.5. The minimum atomic E-state index is -0.267. The largest absolute Gasteiger partial charge is 0.349 e. The maximum Gasteiger partial charge on any atom is 0.242 e. The number of rotatable bonds is 6. The highest BCUT2D eigenvalue weighted by Gasteiger charge is 2.30. The van der Waals surface area contributed by atoms with Crippen LogP contribution >= 0.6 is 0 Å². The number of amides is 2. The first kappa shape index (κ1) is 17.1. The molecule has 1 aliphatic heterocycles. The van der Waals surface area contributed by atoms with Crippen LogP contribution in [0.15, 0.2) is 36.5 Å². The van der Waals surface area contributed by atoms with E-state index in [2.05, 4.69) is 10.4 Å². The van der Waals surface area contributed by atoms with E-state index in [-0.39, 0.29) is 30.2 Å². The quantitative estimate of drug-likeness (QED) is 0.859. The van der Waals surface area contributed by atoms with Crippen molar-refractivity contribution in [3.8, 4) is 0 Å². The Hall–Kier alpha value is -2.70. The summed E-state index contributed by atoms with van der Waals surface area (Å²) >= 11 is 0. The van der Waals surface area contributed by atoms with Gasteiger partial charge in [0.25, 0.3) is 0 Å². The zero-order valence-corrected chi connectivity index (χ0v) is 14.1. The van der Waals surface area contributed by atoms with E-state index < -0.39 is 0 Å². The van der Waals surface area contributed by atoms with Crippen molar-refractivity contribution in [3.05, 3.63) is 53.6 Å². The summed E-state index contributed by atoms with van der Waals surface area (Å²) in [5.41, 5.74) is 1.84. The van der Waals surface area contributed by atoms with E-state index in [1.807, 2.05) is 13.0 Å². The fourth-order valence-corrected chi connectivity index (χ4v) is 2.97. The number of halogens is 1. The third-order valence-corrected chi connectivity index (χ3v) is 4.24. The number of nitrogens with one attached hydrogen (secondary N) is 1. The van der Waals surface area contributed by atoms with Gasteiger partial charge in [0.1, 0.15) is 12.4 Å². The molecule has 0 unspecified atom stereocenters.